The van der Waals surface area contributed by atoms with Crippen molar-refractivity contribution in [3.63, 3.8) is 0 Å². The summed E-state index contributed by atoms with van der Waals surface area (Å²) in [5.41, 5.74) is 2.87. The van der Waals surface area contributed by atoms with Crippen LogP contribution >= 0.6 is 0 Å². The lowest BCUT2D eigenvalue weighted by molar-refractivity contribution is 0.0733. The van der Waals surface area contributed by atoms with Crippen LogP contribution in [0, 0.1) is 0 Å². The highest BCUT2D eigenvalue weighted by Crippen LogP contribution is 2.33. The predicted molar refractivity (Wildman–Crippen MR) is 123 cm³/mol. The van der Waals surface area contributed by atoms with Crippen molar-refractivity contribution in [3.05, 3.63) is 89.5 Å². The second kappa shape index (κ2) is 11.2. The monoisotopic (exact) mass is 418 g/mol. The number of rotatable bonds is 10. The van der Waals surface area contributed by atoms with Crippen LogP contribution in [-0.4, -0.2) is 19.2 Å². The Labute approximate surface area is 184 Å². The molecule has 162 valence electrons. The maximum absolute atomic E-state index is 12.7. The number of hydrogen-bond acceptors (Lipinski definition) is 4. The molecule has 0 saturated carbocycles. The molecule has 1 unspecified atom stereocenters. The quantitative estimate of drug-likeness (QED) is 0.288. The summed E-state index contributed by atoms with van der Waals surface area (Å²) >= 11 is 0. The van der Waals surface area contributed by atoms with E-state index in [0.717, 1.165) is 31.2 Å². The number of ether oxygens (including phenoxy) is 3. The van der Waals surface area contributed by atoms with Gasteiger partial charge < -0.3 is 14.2 Å². The molecule has 0 aliphatic heterocycles. The molecule has 0 N–H and O–H groups in total. The Kier molecular flexibility index (Phi) is 8.11. The van der Waals surface area contributed by atoms with Crippen molar-refractivity contribution in [1.82, 2.24) is 0 Å². The van der Waals surface area contributed by atoms with Crippen LogP contribution in [-0.2, 0) is 12.8 Å². The molecule has 0 fully saturated rings. The Hall–Kier alpha value is -3.27. The van der Waals surface area contributed by atoms with Gasteiger partial charge in [-0.2, -0.15) is 0 Å². The maximum Gasteiger partial charge on any atom is 0.343 e. The van der Waals surface area contributed by atoms with E-state index in [0.29, 0.717) is 22.8 Å². The summed E-state index contributed by atoms with van der Waals surface area (Å²) in [6.07, 6.45) is 3.72. The first-order chi connectivity index (χ1) is 15.1. The van der Waals surface area contributed by atoms with Gasteiger partial charge in [-0.3, -0.25) is 0 Å². The summed E-state index contributed by atoms with van der Waals surface area (Å²) in [4.78, 5) is 12.7. The molecule has 3 aromatic rings. The van der Waals surface area contributed by atoms with E-state index >= 15 is 0 Å². The molecule has 1 atom stereocenters. The van der Waals surface area contributed by atoms with E-state index in [1.807, 2.05) is 38.1 Å². The maximum atomic E-state index is 12.7. The number of esters is 1. The van der Waals surface area contributed by atoms with Crippen LogP contribution in [0.3, 0.4) is 0 Å². The lowest BCUT2D eigenvalue weighted by Gasteiger charge is -2.18. The number of carbonyl (C=O) groups is 1. The highest BCUT2D eigenvalue weighted by molar-refractivity contribution is 5.92. The van der Waals surface area contributed by atoms with Gasteiger partial charge >= 0.3 is 5.97 Å². The lowest BCUT2D eigenvalue weighted by atomic mass is 10.1. The first-order valence-electron chi connectivity index (χ1n) is 10.8. The van der Waals surface area contributed by atoms with E-state index in [2.05, 4.69) is 24.3 Å². The smallest absolute Gasteiger partial charge is 0.343 e. The van der Waals surface area contributed by atoms with Crippen LogP contribution in [0.2, 0.25) is 0 Å². The summed E-state index contributed by atoms with van der Waals surface area (Å²) < 4.78 is 17.2. The minimum absolute atomic E-state index is 0.00406. The first kappa shape index (κ1) is 22.4. The van der Waals surface area contributed by atoms with E-state index in [-0.39, 0.29) is 12.1 Å². The molecule has 0 aliphatic carbocycles. The van der Waals surface area contributed by atoms with Gasteiger partial charge in [-0.25, -0.2) is 4.79 Å². The van der Waals surface area contributed by atoms with Gasteiger partial charge in [-0.05, 0) is 61.9 Å². The highest BCUT2D eigenvalue weighted by Gasteiger charge is 2.15. The molecule has 31 heavy (non-hydrogen) atoms. The van der Waals surface area contributed by atoms with Gasteiger partial charge in [0.25, 0.3) is 0 Å². The molecular weight excluding hydrogens is 388 g/mol. The fourth-order valence-corrected chi connectivity index (χ4v) is 3.52. The van der Waals surface area contributed by atoms with Gasteiger partial charge in [-0.1, -0.05) is 55.5 Å². The summed E-state index contributed by atoms with van der Waals surface area (Å²) in [6, 6.07) is 23.1. The van der Waals surface area contributed by atoms with Crippen LogP contribution in [0.25, 0.3) is 0 Å². The lowest BCUT2D eigenvalue weighted by Crippen LogP contribution is -2.14. The van der Waals surface area contributed by atoms with Crippen LogP contribution in [0.5, 0.6) is 17.2 Å². The summed E-state index contributed by atoms with van der Waals surface area (Å²) in [5.74, 6) is 1.25. The number of benzene rings is 3. The third kappa shape index (κ3) is 6.35. The normalized spacial score (nSPS) is 11.6. The number of aryl methyl sites for hydroxylation is 2. The van der Waals surface area contributed by atoms with Crippen LogP contribution < -0.4 is 14.2 Å². The topological polar surface area (TPSA) is 44.8 Å². The Morgan fingerprint density at radius 2 is 1.68 bits per heavy atom. The zero-order valence-corrected chi connectivity index (χ0v) is 18.5. The second-order valence-corrected chi connectivity index (χ2v) is 7.52. The van der Waals surface area contributed by atoms with E-state index in [1.54, 1.807) is 31.4 Å². The van der Waals surface area contributed by atoms with Crippen molar-refractivity contribution in [1.29, 1.82) is 0 Å². The fourth-order valence-electron chi connectivity index (χ4n) is 3.52. The van der Waals surface area contributed by atoms with Crippen molar-refractivity contribution in [3.8, 4) is 17.2 Å². The molecule has 4 nitrogen and oxygen atoms in total. The summed E-state index contributed by atoms with van der Waals surface area (Å²) in [5, 5.41) is 0. The van der Waals surface area contributed by atoms with Gasteiger partial charge in [-0.15, -0.1) is 0 Å². The van der Waals surface area contributed by atoms with Gasteiger partial charge in [0, 0.05) is 6.07 Å². The van der Waals surface area contributed by atoms with Crippen LogP contribution in [0.1, 0.15) is 48.2 Å². The molecule has 0 amide bonds. The molecule has 0 bridgehead atoms. The van der Waals surface area contributed by atoms with Crippen molar-refractivity contribution >= 4 is 5.97 Å². The molecule has 0 heterocycles. The third-order valence-corrected chi connectivity index (χ3v) is 5.21. The largest absolute Gasteiger partial charge is 0.493 e. The third-order valence-electron chi connectivity index (χ3n) is 5.21. The van der Waals surface area contributed by atoms with E-state index in [4.69, 9.17) is 14.2 Å². The van der Waals surface area contributed by atoms with Crippen molar-refractivity contribution in [2.24, 2.45) is 0 Å². The van der Waals surface area contributed by atoms with Gasteiger partial charge in [0.05, 0.1) is 18.8 Å². The molecule has 3 rings (SSSR count). The second-order valence-electron chi connectivity index (χ2n) is 7.52. The number of hydrogen-bond donors (Lipinski definition) is 0. The molecule has 0 aromatic heterocycles. The van der Waals surface area contributed by atoms with Crippen molar-refractivity contribution in [2.45, 2.75) is 45.6 Å². The Morgan fingerprint density at radius 3 is 2.42 bits per heavy atom. The fraction of sp³-hybridized carbons (Fsp3) is 0.296. The SMILES string of the molecule is CCc1ccccc1C(=O)Oc1ccc(OC)c(OC(C)CCCc2ccccc2)c1. The number of carbonyl (C=O) groups excluding carboxylic acids is 1. The molecular formula is C27H30O4. The van der Waals surface area contributed by atoms with Gasteiger partial charge in [0.2, 0.25) is 0 Å². The minimum atomic E-state index is -0.371. The van der Waals surface area contributed by atoms with Gasteiger partial charge in [0.15, 0.2) is 11.5 Å². The Balaban J connectivity index is 1.63. The Morgan fingerprint density at radius 1 is 0.935 bits per heavy atom. The zero-order chi connectivity index (χ0) is 22.1. The van der Waals surface area contributed by atoms with E-state index < -0.39 is 0 Å². The van der Waals surface area contributed by atoms with Crippen LogP contribution in [0.15, 0.2) is 72.8 Å². The van der Waals surface area contributed by atoms with Crippen LogP contribution in [0.4, 0.5) is 0 Å². The molecule has 3 aromatic carbocycles. The van der Waals surface area contributed by atoms with E-state index in [9.17, 15) is 4.79 Å². The van der Waals surface area contributed by atoms with Crippen molar-refractivity contribution in [2.75, 3.05) is 7.11 Å². The van der Waals surface area contributed by atoms with Crippen molar-refractivity contribution < 1.29 is 19.0 Å². The Bertz CT molecular complexity index is 982. The van der Waals surface area contributed by atoms with E-state index in [1.165, 1.54) is 5.56 Å². The standard InChI is InChI=1S/C27H30O4/c1-4-22-15-8-9-16-24(22)27(28)31-23-17-18-25(29-3)26(19-23)30-20(2)11-10-14-21-12-6-5-7-13-21/h5-9,12-13,15-20H,4,10-11,14H2,1-3H3. The minimum Gasteiger partial charge on any atom is -0.493 e. The average molecular weight is 419 g/mol. The predicted octanol–water partition coefficient (Wildman–Crippen LogP) is 6.27. The van der Waals surface area contributed by atoms with Gasteiger partial charge in [0.1, 0.15) is 5.75 Å². The summed E-state index contributed by atoms with van der Waals surface area (Å²) in [7, 11) is 1.60. The molecule has 0 aliphatic rings. The molecule has 0 saturated heterocycles. The number of methoxy groups -OCH3 is 1. The zero-order valence-electron chi connectivity index (χ0n) is 18.5. The molecule has 0 spiro atoms. The molecule has 4 heteroatoms. The average Bonchev–Trinajstić information content (AvgIpc) is 2.80. The molecule has 0 radical (unpaired) electrons. The first-order valence-corrected chi connectivity index (χ1v) is 10.8. The highest BCUT2D eigenvalue weighted by atomic mass is 16.5. The summed E-state index contributed by atoms with van der Waals surface area (Å²) in [6.45, 7) is 4.06.